The summed E-state index contributed by atoms with van der Waals surface area (Å²) in [6, 6.07) is 5.98. The van der Waals surface area contributed by atoms with Gasteiger partial charge in [-0.25, -0.2) is 0 Å². The summed E-state index contributed by atoms with van der Waals surface area (Å²) >= 11 is 9.83. The van der Waals surface area contributed by atoms with Gasteiger partial charge in [-0.1, -0.05) is 33.6 Å². The van der Waals surface area contributed by atoms with Gasteiger partial charge in [0.15, 0.2) is 0 Å². The van der Waals surface area contributed by atoms with Gasteiger partial charge in [0.05, 0.1) is 18.2 Å². The highest BCUT2D eigenvalue weighted by Crippen LogP contribution is 2.42. The summed E-state index contributed by atoms with van der Waals surface area (Å²) in [4.78, 5) is 0. The molecule has 116 valence electrons. The lowest BCUT2D eigenvalue weighted by Crippen LogP contribution is -2.45. The van der Waals surface area contributed by atoms with Gasteiger partial charge in [0.1, 0.15) is 0 Å². The van der Waals surface area contributed by atoms with Crippen LogP contribution in [0.4, 0.5) is 0 Å². The average Bonchev–Trinajstić information content (AvgIpc) is 2.90. The average molecular weight is 376 g/mol. The fourth-order valence-corrected chi connectivity index (χ4v) is 4.24. The topological polar surface area (TPSA) is 56.5 Å². The first kappa shape index (κ1) is 15.7. The number of ether oxygens (including phenoxy) is 2. The van der Waals surface area contributed by atoms with Gasteiger partial charge in [-0.2, -0.15) is 0 Å². The molecule has 2 heterocycles. The number of hydrogen-bond acceptors (Lipinski definition) is 4. The highest BCUT2D eigenvalue weighted by molar-refractivity contribution is 9.10. The fraction of sp³-hybridized carbons (Fsp3) is 0.600. The molecule has 6 heteroatoms. The zero-order valence-electron chi connectivity index (χ0n) is 11.8. The van der Waals surface area contributed by atoms with Crippen LogP contribution < -0.4 is 11.3 Å². The fourth-order valence-electron chi connectivity index (χ4n) is 3.45. The van der Waals surface area contributed by atoms with E-state index in [1.165, 1.54) is 0 Å². The molecule has 0 amide bonds. The molecule has 0 radical (unpaired) electrons. The van der Waals surface area contributed by atoms with Crippen molar-refractivity contribution in [3.05, 3.63) is 33.3 Å². The Morgan fingerprint density at radius 1 is 1.43 bits per heavy atom. The summed E-state index contributed by atoms with van der Waals surface area (Å²) in [5.74, 6) is 6.23. The molecule has 2 aliphatic rings. The maximum atomic E-state index is 6.39. The minimum atomic E-state index is -0.125. The molecule has 0 bridgehead atoms. The van der Waals surface area contributed by atoms with E-state index in [0.29, 0.717) is 12.5 Å². The van der Waals surface area contributed by atoms with E-state index in [2.05, 4.69) is 21.4 Å². The van der Waals surface area contributed by atoms with Crippen LogP contribution in [0.1, 0.15) is 30.9 Å². The van der Waals surface area contributed by atoms with E-state index in [4.69, 9.17) is 26.9 Å². The molecule has 3 unspecified atom stereocenters. The predicted octanol–water partition coefficient (Wildman–Crippen LogP) is 3.19. The van der Waals surface area contributed by atoms with Crippen molar-refractivity contribution in [3.63, 3.8) is 0 Å². The van der Waals surface area contributed by atoms with Crippen LogP contribution in [0.3, 0.4) is 0 Å². The van der Waals surface area contributed by atoms with Crippen LogP contribution in [-0.4, -0.2) is 25.4 Å². The van der Waals surface area contributed by atoms with Crippen LogP contribution >= 0.6 is 27.5 Å². The van der Waals surface area contributed by atoms with E-state index in [9.17, 15) is 0 Å². The van der Waals surface area contributed by atoms with E-state index in [1.54, 1.807) is 0 Å². The molecule has 0 saturated carbocycles. The van der Waals surface area contributed by atoms with Crippen molar-refractivity contribution in [3.8, 4) is 0 Å². The number of nitrogens with one attached hydrogen (secondary N) is 1. The minimum Gasteiger partial charge on any atom is -0.378 e. The summed E-state index contributed by atoms with van der Waals surface area (Å²) < 4.78 is 12.5. The number of hydrazine groups is 1. The number of halogens is 2. The number of benzene rings is 1. The van der Waals surface area contributed by atoms with Crippen molar-refractivity contribution in [2.24, 2.45) is 11.8 Å². The molecule has 0 aromatic heterocycles. The van der Waals surface area contributed by atoms with Crippen LogP contribution in [-0.2, 0) is 9.47 Å². The monoisotopic (exact) mass is 374 g/mol. The summed E-state index contributed by atoms with van der Waals surface area (Å²) in [6.45, 7) is 2.22. The molecule has 2 fully saturated rings. The number of hydrogen-bond donors (Lipinski definition) is 2. The summed E-state index contributed by atoms with van der Waals surface area (Å²) in [7, 11) is 0. The van der Waals surface area contributed by atoms with Gasteiger partial charge in [0, 0.05) is 29.1 Å². The Morgan fingerprint density at radius 3 is 2.95 bits per heavy atom. The third kappa shape index (κ3) is 3.28. The Bertz CT molecular complexity index is 508. The molecule has 3 rings (SSSR count). The van der Waals surface area contributed by atoms with Gasteiger partial charge in [-0.15, -0.1) is 0 Å². The van der Waals surface area contributed by atoms with Crippen molar-refractivity contribution in [2.45, 2.75) is 30.9 Å². The van der Waals surface area contributed by atoms with Crippen LogP contribution in [0.5, 0.6) is 0 Å². The lowest BCUT2D eigenvalue weighted by Gasteiger charge is -2.40. The molecular formula is C15H20BrClN2O2. The zero-order valence-corrected chi connectivity index (χ0v) is 14.1. The molecule has 1 aromatic rings. The molecule has 3 N–H and O–H groups in total. The Kier molecular flexibility index (Phi) is 4.88. The Hall–Kier alpha value is -0.170. The minimum absolute atomic E-state index is 0.0342. The summed E-state index contributed by atoms with van der Waals surface area (Å²) in [5.41, 5.74) is 3.88. The van der Waals surface area contributed by atoms with Gasteiger partial charge in [-0.05, 0) is 36.5 Å². The molecule has 2 saturated heterocycles. The van der Waals surface area contributed by atoms with Crippen molar-refractivity contribution in [1.82, 2.24) is 5.43 Å². The highest BCUT2D eigenvalue weighted by Gasteiger charge is 2.43. The van der Waals surface area contributed by atoms with Gasteiger partial charge in [-0.3, -0.25) is 11.3 Å². The van der Waals surface area contributed by atoms with Gasteiger partial charge >= 0.3 is 0 Å². The molecule has 0 aliphatic carbocycles. The second-order valence-corrected chi connectivity index (χ2v) is 7.22. The van der Waals surface area contributed by atoms with Crippen molar-refractivity contribution in [1.29, 1.82) is 0 Å². The quantitative estimate of drug-likeness (QED) is 0.629. The zero-order chi connectivity index (χ0) is 14.9. The lowest BCUT2D eigenvalue weighted by molar-refractivity contribution is -0.103. The second kappa shape index (κ2) is 6.52. The van der Waals surface area contributed by atoms with Gasteiger partial charge < -0.3 is 9.47 Å². The van der Waals surface area contributed by atoms with Crippen molar-refractivity contribution >= 4 is 27.5 Å². The second-order valence-electron chi connectivity index (χ2n) is 5.90. The lowest BCUT2D eigenvalue weighted by atomic mass is 9.79. The first-order valence-electron chi connectivity index (χ1n) is 7.26. The Morgan fingerprint density at radius 2 is 2.29 bits per heavy atom. The van der Waals surface area contributed by atoms with E-state index in [0.717, 1.165) is 47.5 Å². The summed E-state index contributed by atoms with van der Waals surface area (Å²) in [6.07, 6.45) is 2.89. The highest BCUT2D eigenvalue weighted by atomic mass is 79.9. The first-order valence-corrected chi connectivity index (χ1v) is 8.43. The third-order valence-electron chi connectivity index (χ3n) is 4.55. The van der Waals surface area contributed by atoms with E-state index in [1.807, 2.05) is 18.2 Å². The van der Waals surface area contributed by atoms with E-state index < -0.39 is 0 Å². The predicted molar refractivity (Wildman–Crippen MR) is 86.1 cm³/mol. The van der Waals surface area contributed by atoms with Crippen LogP contribution in [0, 0.1) is 5.92 Å². The van der Waals surface area contributed by atoms with Crippen molar-refractivity contribution in [2.75, 3.05) is 19.8 Å². The maximum Gasteiger partial charge on any atom is 0.0940 e. The van der Waals surface area contributed by atoms with Gasteiger partial charge in [0.2, 0.25) is 0 Å². The number of nitrogens with two attached hydrogens (primary N) is 1. The standard InChI is InChI=1S/C15H20BrClN2O2/c16-11-1-2-12(13(17)7-11)14(19-18)10-3-5-21-15(8-10)4-6-20-9-15/h1-2,7,10,14,19H,3-6,8-9,18H2. The molecule has 4 nitrogen and oxygen atoms in total. The molecule has 21 heavy (non-hydrogen) atoms. The number of rotatable bonds is 3. The molecule has 2 aliphatic heterocycles. The molecule has 3 atom stereocenters. The van der Waals surface area contributed by atoms with Gasteiger partial charge in [0.25, 0.3) is 0 Å². The smallest absolute Gasteiger partial charge is 0.0940 e. The van der Waals surface area contributed by atoms with Crippen LogP contribution in [0.15, 0.2) is 22.7 Å². The van der Waals surface area contributed by atoms with Crippen LogP contribution in [0.25, 0.3) is 0 Å². The molecule has 1 aromatic carbocycles. The molecule has 1 spiro atoms. The molecular weight excluding hydrogens is 356 g/mol. The van der Waals surface area contributed by atoms with Crippen LogP contribution in [0.2, 0.25) is 5.02 Å². The Labute approximate surface area is 138 Å². The normalized spacial score (nSPS) is 30.7. The SMILES string of the molecule is NNC(c1ccc(Br)cc1Cl)C1CCOC2(CCOC2)C1. The van der Waals surface area contributed by atoms with E-state index >= 15 is 0 Å². The summed E-state index contributed by atoms with van der Waals surface area (Å²) in [5, 5.41) is 0.732. The van der Waals surface area contributed by atoms with E-state index in [-0.39, 0.29) is 11.6 Å². The van der Waals surface area contributed by atoms with Crippen molar-refractivity contribution < 1.29 is 9.47 Å². The third-order valence-corrected chi connectivity index (χ3v) is 5.37. The first-order chi connectivity index (χ1) is 10.1. The Balaban J connectivity index is 1.82. The maximum absolute atomic E-state index is 6.39. The largest absolute Gasteiger partial charge is 0.378 e.